The van der Waals surface area contributed by atoms with Crippen LogP contribution in [0.1, 0.15) is 13.8 Å². The minimum absolute atomic E-state index is 0.583. The van der Waals surface area contributed by atoms with Crippen LogP contribution in [0.5, 0.6) is 0 Å². The Bertz CT molecular complexity index is 374. The highest BCUT2D eigenvalue weighted by molar-refractivity contribution is 7.73. The molecule has 0 fully saturated rings. The molecule has 1 aromatic heterocycles. The number of hydrogen-bond donors (Lipinski definition) is 0. The van der Waals surface area contributed by atoms with Gasteiger partial charge in [-0.25, -0.2) is 0 Å². The fourth-order valence-electron chi connectivity index (χ4n) is 1.34. The van der Waals surface area contributed by atoms with Gasteiger partial charge in [-0.15, -0.1) is 11.3 Å². The fraction of sp³-hybridized carbons (Fsp3) is 0.333. The van der Waals surface area contributed by atoms with Gasteiger partial charge >= 0.3 is 0 Å². The molecule has 2 heterocycles. The van der Waals surface area contributed by atoms with E-state index in [1.54, 1.807) is 0 Å². The topological polar surface area (TPSA) is 26.3 Å². The Morgan fingerprint density at radius 3 is 2.77 bits per heavy atom. The number of thiophene rings is 1. The Kier molecular flexibility index (Phi) is 2.09. The average molecular weight is 214 g/mol. The fourth-order valence-corrected chi connectivity index (χ4v) is 4.99. The molecule has 1 atom stereocenters. The Morgan fingerprint density at radius 1 is 1.54 bits per heavy atom. The molecule has 13 heavy (non-hydrogen) atoms. The summed E-state index contributed by atoms with van der Waals surface area (Å²) in [7, 11) is -2.54. The van der Waals surface area contributed by atoms with E-state index < -0.39 is 7.37 Å². The Hall–Kier alpha value is -0.530. The standard InChI is InChI=1S/C9H11O2PS/c1-7-6-12(10,11-8(7)2)9-4-3-5-13-9/h3-5H,6H2,1-2H3. The molecule has 1 aliphatic heterocycles. The third-order valence-electron chi connectivity index (χ3n) is 2.17. The summed E-state index contributed by atoms with van der Waals surface area (Å²) in [6.07, 6.45) is 0.583. The normalized spacial score (nSPS) is 27.8. The second kappa shape index (κ2) is 3.00. The molecule has 0 amide bonds. The van der Waals surface area contributed by atoms with Gasteiger partial charge in [0, 0.05) is 0 Å². The number of rotatable bonds is 1. The van der Waals surface area contributed by atoms with Gasteiger partial charge in [0.25, 0.3) is 7.37 Å². The zero-order chi connectivity index (χ0) is 9.47. The number of hydrogen-bond acceptors (Lipinski definition) is 3. The third-order valence-corrected chi connectivity index (χ3v) is 6.27. The third kappa shape index (κ3) is 1.47. The Morgan fingerprint density at radius 2 is 2.31 bits per heavy atom. The van der Waals surface area contributed by atoms with Crippen molar-refractivity contribution in [1.29, 1.82) is 0 Å². The van der Waals surface area contributed by atoms with Gasteiger partial charge in [0.2, 0.25) is 0 Å². The molecule has 0 bridgehead atoms. The van der Waals surface area contributed by atoms with Gasteiger partial charge in [-0.1, -0.05) is 6.07 Å². The van der Waals surface area contributed by atoms with Gasteiger partial charge in [-0.05, 0) is 30.9 Å². The maximum Gasteiger partial charge on any atom is 0.290 e. The molecule has 1 aliphatic rings. The van der Waals surface area contributed by atoms with Crippen molar-refractivity contribution in [3.63, 3.8) is 0 Å². The van der Waals surface area contributed by atoms with E-state index in [0.29, 0.717) is 6.16 Å². The van der Waals surface area contributed by atoms with Crippen LogP contribution in [0.3, 0.4) is 0 Å². The van der Waals surface area contributed by atoms with Gasteiger partial charge < -0.3 is 4.52 Å². The highest BCUT2D eigenvalue weighted by Gasteiger charge is 2.34. The molecule has 0 aliphatic carbocycles. The molecule has 2 rings (SSSR count). The molecule has 1 unspecified atom stereocenters. The molecule has 70 valence electrons. The van der Waals surface area contributed by atoms with E-state index in [0.717, 1.165) is 16.0 Å². The lowest BCUT2D eigenvalue weighted by Crippen LogP contribution is -2.00. The summed E-state index contributed by atoms with van der Waals surface area (Å²) in [5.41, 5.74) is 1.11. The van der Waals surface area contributed by atoms with E-state index in [1.165, 1.54) is 11.3 Å². The van der Waals surface area contributed by atoms with Crippen molar-refractivity contribution in [2.24, 2.45) is 0 Å². The largest absolute Gasteiger partial charge is 0.444 e. The zero-order valence-corrected chi connectivity index (χ0v) is 9.32. The van der Waals surface area contributed by atoms with Crippen LogP contribution in [-0.2, 0) is 9.09 Å². The van der Waals surface area contributed by atoms with Crippen LogP contribution in [0.25, 0.3) is 0 Å². The zero-order valence-electron chi connectivity index (χ0n) is 7.61. The molecule has 0 saturated heterocycles. The van der Waals surface area contributed by atoms with Crippen LogP contribution < -0.4 is 4.62 Å². The van der Waals surface area contributed by atoms with Gasteiger partial charge in [-0.2, -0.15) is 0 Å². The van der Waals surface area contributed by atoms with Gasteiger partial charge in [-0.3, -0.25) is 4.57 Å². The van der Waals surface area contributed by atoms with Crippen LogP contribution in [0.4, 0.5) is 0 Å². The summed E-state index contributed by atoms with van der Waals surface area (Å²) in [6.45, 7) is 3.85. The van der Waals surface area contributed by atoms with Crippen molar-refractivity contribution >= 4 is 23.3 Å². The first-order chi connectivity index (χ1) is 6.12. The van der Waals surface area contributed by atoms with Gasteiger partial charge in [0.15, 0.2) is 0 Å². The van der Waals surface area contributed by atoms with E-state index in [2.05, 4.69) is 0 Å². The first-order valence-electron chi connectivity index (χ1n) is 4.11. The summed E-state index contributed by atoms with van der Waals surface area (Å²) in [5.74, 6) is 0.830. The van der Waals surface area contributed by atoms with Crippen LogP contribution in [-0.4, -0.2) is 6.16 Å². The maximum atomic E-state index is 12.2. The summed E-state index contributed by atoms with van der Waals surface area (Å²) < 4.78 is 18.6. The molecular formula is C9H11O2PS. The summed E-state index contributed by atoms with van der Waals surface area (Å²) >= 11 is 1.51. The average Bonchev–Trinajstić information content (AvgIpc) is 2.61. The number of allylic oxidation sites excluding steroid dienone is 2. The molecule has 0 saturated carbocycles. The van der Waals surface area contributed by atoms with Gasteiger partial charge in [0.05, 0.1) is 6.16 Å². The van der Waals surface area contributed by atoms with Crippen molar-refractivity contribution in [1.82, 2.24) is 0 Å². The van der Waals surface area contributed by atoms with Crippen LogP contribution in [0, 0.1) is 0 Å². The second-order valence-electron chi connectivity index (χ2n) is 3.21. The summed E-state index contributed by atoms with van der Waals surface area (Å²) in [6, 6.07) is 3.79. The molecular weight excluding hydrogens is 203 g/mol. The van der Waals surface area contributed by atoms with Crippen molar-refractivity contribution in [3.05, 3.63) is 28.8 Å². The highest BCUT2D eigenvalue weighted by atomic mass is 32.1. The SMILES string of the molecule is CC1=C(C)OP(=O)(c2cccs2)C1. The molecule has 0 spiro atoms. The first kappa shape index (κ1) is 9.04. The lowest BCUT2D eigenvalue weighted by molar-refractivity contribution is 0.428. The molecule has 4 heteroatoms. The molecule has 0 N–H and O–H groups in total. The van der Waals surface area contributed by atoms with E-state index in [9.17, 15) is 4.57 Å². The second-order valence-corrected chi connectivity index (χ2v) is 6.79. The van der Waals surface area contributed by atoms with Crippen LogP contribution >= 0.6 is 18.7 Å². The van der Waals surface area contributed by atoms with Crippen LogP contribution in [0.2, 0.25) is 0 Å². The lowest BCUT2D eigenvalue weighted by atomic mass is 10.3. The predicted octanol–water partition coefficient (Wildman–Crippen LogP) is 2.98. The van der Waals surface area contributed by atoms with E-state index >= 15 is 0 Å². The van der Waals surface area contributed by atoms with Crippen molar-refractivity contribution in [2.45, 2.75) is 13.8 Å². The predicted molar refractivity (Wildman–Crippen MR) is 55.9 cm³/mol. The van der Waals surface area contributed by atoms with Crippen molar-refractivity contribution < 1.29 is 9.09 Å². The lowest BCUT2D eigenvalue weighted by Gasteiger charge is -2.09. The summed E-state index contributed by atoms with van der Waals surface area (Å²) in [5, 5.41) is 1.93. The van der Waals surface area contributed by atoms with Gasteiger partial charge in [0.1, 0.15) is 10.4 Å². The smallest absolute Gasteiger partial charge is 0.290 e. The quantitative estimate of drug-likeness (QED) is 0.672. The van der Waals surface area contributed by atoms with E-state index in [4.69, 9.17) is 4.52 Å². The van der Waals surface area contributed by atoms with E-state index in [-0.39, 0.29) is 0 Å². The monoisotopic (exact) mass is 214 g/mol. The Labute approximate surface area is 81.7 Å². The minimum Gasteiger partial charge on any atom is -0.444 e. The summed E-state index contributed by atoms with van der Waals surface area (Å²) in [4.78, 5) is 0. The minimum atomic E-state index is -2.54. The van der Waals surface area contributed by atoms with Crippen molar-refractivity contribution in [2.75, 3.05) is 6.16 Å². The highest BCUT2D eigenvalue weighted by Crippen LogP contribution is 2.55. The molecule has 2 nitrogen and oxygen atoms in total. The van der Waals surface area contributed by atoms with E-state index in [1.807, 2.05) is 31.4 Å². The Balaban J connectivity index is 2.34. The maximum absolute atomic E-state index is 12.2. The first-order valence-corrected chi connectivity index (χ1v) is 6.80. The molecule has 0 radical (unpaired) electrons. The van der Waals surface area contributed by atoms with Crippen LogP contribution in [0.15, 0.2) is 28.8 Å². The molecule has 0 aromatic carbocycles. The molecule has 1 aromatic rings. The van der Waals surface area contributed by atoms with Crippen molar-refractivity contribution in [3.8, 4) is 0 Å².